The van der Waals surface area contributed by atoms with Crippen LogP contribution >= 0.6 is 0 Å². The van der Waals surface area contributed by atoms with Gasteiger partial charge in [0.15, 0.2) is 0 Å². The van der Waals surface area contributed by atoms with E-state index in [1.807, 2.05) is 30.3 Å². The molecule has 0 aliphatic rings. The molecule has 27 heavy (non-hydrogen) atoms. The lowest BCUT2D eigenvalue weighted by atomic mass is 10.2. The zero-order valence-electron chi connectivity index (χ0n) is 14.4. The van der Waals surface area contributed by atoms with Crippen molar-refractivity contribution in [2.75, 3.05) is 13.2 Å². The van der Waals surface area contributed by atoms with E-state index >= 15 is 0 Å². The number of carbonyl (C=O) groups is 1. The van der Waals surface area contributed by atoms with Crippen molar-refractivity contribution in [2.24, 2.45) is 0 Å². The average molecular weight is 372 g/mol. The number of nitrogens with one attached hydrogen (secondary N) is 1. The van der Waals surface area contributed by atoms with E-state index in [1.165, 1.54) is 18.2 Å². The van der Waals surface area contributed by atoms with Crippen molar-refractivity contribution in [3.05, 3.63) is 66.4 Å². The van der Waals surface area contributed by atoms with E-state index in [1.54, 1.807) is 12.3 Å². The Bertz CT molecular complexity index is 913. The van der Waals surface area contributed by atoms with Crippen molar-refractivity contribution in [2.45, 2.75) is 13.0 Å². The molecule has 0 bridgehead atoms. The standard InChI is InChI=1S/C20H18F2N2O3/c21-20(22)27-16-9-2-1-8-15(16)19(25)24-12-5-13-26-17-10-3-6-14-7-4-11-23-18(14)17/h1-4,6-11,20H,5,12-13H2,(H,24,25). The third-order valence-corrected chi connectivity index (χ3v) is 3.81. The first-order valence-electron chi connectivity index (χ1n) is 8.44. The van der Waals surface area contributed by atoms with Crippen molar-refractivity contribution < 1.29 is 23.0 Å². The summed E-state index contributed by atoms with van der Waals surface area (Å²) in [5, 5.41) is 3.66. The number of carbonyl (C=O) groups excluding carboxylic acids is 1. The Morgan fingerprint density at radius 1 is 1.04 bits per heavy atom. The number of hydrogen-bond acceptors (Lipinski definition) is 4. The number of amides is 1. The molecule has 0 unspecified atom stereocenters. The van der Waals surface area contributed by atoms with Gasteiger partial charge in [-0.2, -0.15) is 8.78 Å². The van der Waals surface area contributed by atoms with Gasteiger partial charge in [-0.05, 0) is 30.7 Å². The van der Waals surface area contributed by atoms with Gasteiger partial charge in [0.05, 0.1) is 12.2 Å². The Labute approximate surface area is 154 Å². The van der Waals surface area contributed by atoms with Crippen LogP contribution in [0.2, 0.25) is 0 Å². The Balaban J connectivity index is 1.50. The number of para-hydroxylation sites is 2. The van der Waals surface area contributed by atoms with Gasteiger partial charge in [-0.15, -0.1) is 0 Å². The van der Waals surface area contributed by atoms with Crippen molar-refractivity contribution in [3.63, 3.8) is 0 Å². The normalized spacial score (nSPS) is 10.8. The van der Waals surface area contributed by atoms with Crippen molar-refractivity contribution in [1.29, 1.82) is 0 Å². The van der Waals surface area contributed by atoms with Crippen LogP contribution in [0.15, 0.2) is 60.8 Å². The molecule has 7 heteroatoms. The molecule has 1 N–H and O–H groups in total. The fourth-order valence-corrected chi connectivity index (χ4v) is 2.60. The lowest BCUT2D eigenvalue weighted by Crippen LogP contribution is -2.26. The molecular weight excluding hydrogens is 354 g/mol. The second kappa shape index (κ2) is 8.93. The van der Waals surface area contributed by atoms with Gasteiger partial charge in [0.1, 0.15) is 17.0 Å². The topological polar surface area (TPSA) is 60.5 Å². The maximum Gasteiger partial charge on any atom is 0.387 e. The first-order chi connectivity index (χ1) is 13.1. The number of fused-ring (bicyclic) bond motifs is 1. The summed E-state index contributed by atoms with van der Waals surface area (Å²) in [6.07, 6.45) is 2.25. The minimum absolute atomic E-state index is 0.0666. The molecule has 3 rings (SSSR count). The first-order valence-corrected chi connectivity index (χ1v) is 8.44. The van der Waals surface area contributed by atoms with Gasteiger partial charge in [-0.1, -0.05) is 30.3 Å². The van der Waals surface area contributed by atoms with E-state index in [2.05, 4.69) is 15.0 Å². The molecule has 1 amide bonds. The van der Waals surface area contributed by atoms with Crippen LogP contribution in [0.3, 0.4) is 0 Å². The van der Waals surface area contributed by atoms with Crippen molar-refractivity contribution >= 4 is 16.8 Å². The van der Waals surface area contributed by atoms with Crippen LogP contribution in [0.1, 0.15) is 16.8 Å². The minimum atomic E-state index is -2.98. The molecule has 140 valence electrons. The predicted molar refractivity (Wildman–Crippen MR) is 97.3 cm³/mol. The smallest absolute Gasteiger partial charge is 0.387 e. The highest BCUT2D eigenvalue weighted by Gasteiger charge is 2.14. The van der Waals surface area contributed by atoms with Crippen LogP contribution in [0.4, 0.5) is 8.78 Å². The van der Waals surface area contributed by atoms with Gasteiger partial charge < -0.3 is 14.8 Å². The molecule has 5 nitrogen and oxygen atoms in total. The zero-order chi connectivity index (χ0) is 19.1. The summed E-state index contributed by atoms with van der Waals surface area (Å²) in [6.45, 7) is -2.27. The largest absolute Gasteiger partial charge is 0.491 e. The summed E-state index contributed by atoms with van der Waals surface area (Å²) in [5.41, 5.74) is 0.846. The van der Waals surface area contributed by atoms with Gasteiger partial charge in [0.2, 0.25) is 0 Å². The molecular formula is C20H18F2N2O3. The lowest BCUT2D eigenvalue weighted by molar-refractivity contribution is -0.0501. The van der Waals surface area contributed by atoms with Crippen LogP contribution in [0.25, 0.3) is 10.9 Å². The molecule has 0 spiro atoms. The number of ether oxygens (including phenoxy) is 2. The molecule has 0 aliphatic carbocycles. The number of aromatic nitrogens is 1. The van der Waals surface area contributed by atoms with Gasteiger partial charge in [0.25, 0.3) is 5.91 Å². The minimum Gasteiger partial charge on any atom is -0.491 e. The molecule has 0 saturated carbocycles. The second-order valence-corrected chi connectivity index (χ2v) is 5.66. The maximum absolute atomic E-state index is 12.4. The second-order valence-electron chi connectivity index (χ2n) is 5.66. The number of alkyl halides is 2. The Morgan fingerprint density at radius 3 is 2.67 bits per heavy atom. The number of halogens is 2. The van der Waals surface area contributed by atoms with E-state index < -0.39 is 12.5 Å². The summed E-state index contributed by atoms with van der Waals surface area (Å²) in [7, 11) is 0. The Morgan fingerprint density at radius 2 is 1.81 bits per heavy atom. The van der Waals surface area contributed by atoms with Crippen molar-refractivity contribution in [3.8, 4) is 11.5 Å². The number of nitrogens with zero attached hydrogens (tertiary/aromatic N) is 1. The van der Waals surface area contributed by atoms with Gasteiger partial charge in [0, 0.05) is 18.1 Å². The van der Waals surface area contributed by atoms with E-state index in [9.17, 15) is 13.6 Å². The van der Waals surface area contributed by atoms with E-state index in [0.29, 0.717) is 25.3 Å². The molecule has 1 aromatic heterocycles. The third kappa shape index (κ3) is 4.91. The summed E-state index contributed by atoms with van der Waals surface area (Å²) in [6, 6.07) is 15.4. The summed E-state index contributed by atoms with van der Waals surface area (Å²) < 4.78 is 34.9. The van der Waals surface area contributed by atoms with Crippen LogP contribution in [-0.2, 0) is 0 Å². The quantitative estimate of drug-likeness (QED) is 0.607. The van der Waals surface area contributed by atoms with Gasteiger partial charge in [-0.3, -0.25) is 9.78 Å². The molecule has 3 aromatic rings. The zero-order valence-corrected chi connectivity index (χ0v) is 14.4. The van der Waals surface area contributed by atoms with Crippen LogP contribution < -0.4 is 14.8 Å². The summed E-state index contributed by atoms with van der Waals surface area (Å²) >= 11 is 0. The summed E-state index contributed by atoms with van der Waals surface area (Å²) in [5.74, 6) is 0.0521. The van der Waals surface area contributed by atoms with Crippen LogP contribution in [0, 0.1) is 0 Å². The highest BCUT2D eigenvalue weighted by Crippen LogP contribution is 2.23. The van der Waals surface area contributed by atoms with Crippen molar-refractivity contribution in [1.82, 2.24) is 10.3 Å². The number of hydrogen-bond donors (Lipinski definition) is 1. The Kier molecular flexibility index (Phi) is 6.14. The fourth-order valence-electron chi connectivity index (χ4n) is 2.60. The fraction of sp³-hybridized carbons (Fsp3) is 0.200. The van der Waals surface area contributed by atoms with Gasteiger partial charge >= 0.3 is 6.61 Å². The maximum atomic E-state index is 12.4. The van der Waals surface area contributed by atoms with E-state index in [4.69, 9.17) is 4.74 Å². The first kappa shape index (κ1) is 18.6. The van der Waals surface area contributed by atoms with Crippen LogP contribution in [0.5, 0.6) is 11.5 Å². The van der Waals surface area contributed by atoms with E-state index in [-0.39, 0.29) is 11.3 Å². The molecule has 1 heterocycles. The lowest BCUT2D eigenvalue weighted by Gasteiger charge is -2.11. The molecule has 2 aromatic carbocycles. The average Bonchev–Trinajstić information content (AvgIpc) is 2.67. The highest BCUT2D eigenvalue weighted by atomic mass is 19.3. The third-order valence-electron chi connectivity index (χ3n) is 3.81. The van der Waals surface area contributed by atoms with Crippen LogP contribution in [-0.4, -0.2) is 30.7 Å². The number of benzene rings is 2. The van der Waals surface area contributed by atoms with Gasteiger partial charge in [-0.25, -0.2) is 0 Å². The summed E-state index contributed by atoms with van der Waals surface area (Å²) in [4.78, 5) is 16.5. The number of pyridine rings is 1. The molecule has 0 radical (unpaired) electrons. The molecule has 0 saturated heterocycles. The Hall–Kier alpha value is -3.22. The molecule has 0 atom stereocenters. The monoisotopic (exact) mass is 372 g/mol. The predicted octanol–water partition coefficient (Wildman–Crippen LogP) is 4.04. The SMILES string of the molecule is O=C(NCCCOc1cccc2cccnc12)c1ccccc1OC(F)F. The molecule has 0 fully saturated rings. The molecule has 0 aliphatic heterocycles. The number of rotatable bonds is 8. The highest BCUT2D eigenvalue weighted by molar-refractivity contribution is 5.96. The van der Waals surface area contributed by atoms with E-state index in [0.717, 1.165) is 10.9 Å².